The maximum absolute atomic E-state index is 13.0. The molecule has 0 bridgehead atoms. The molecule has 1 heterocycles. The maximum atomic E-state index is 13.0. The molecule has 3 aromatic carbocycles. The Labute approximate surface area is 168 Å². The van der Waals surface area contributed by atoms with Crippen molar-refractivity contribution in [2.24, 2.45) is 0 Å². The molecule has 0 saturated carbocycles. The van der Waals surface area contributed by atoms with Crippen LogP contribution in [0.15, 0.2) is 72.8 Å². The number of hydrogen-bond acceptors (Lipinski definition) is 3. The molecule has 1 saturated heterocycles. The molecule has 2 N–H and O–H groups in total. The van der Waals surface area contributed by atoms with Crippen molar-refractivity contribution in [2.45, 2.75) is 19.0 Å². The zero-order chi connectivity index (χ0) is 20.4. The predicted molar refractivity (Wildman–Crippen MR) is 110 cm³/mol. The molecule has 1 fully saturated rings. The average molecular weight is 387 g/mol. The van der Waals surface area contributed by atoms with E-state index in [0.29, 0.717) is 12.1 Å². The number of benzene rings is 3. The number of carbonyl (C=O) groups is 3. The van der Waals surface area contributed by atoms with Gasteiger partial charge < -0.3 is 10.6 Å². The van der Waals surface area contributed by atoms with E-state index in [2.05, 4.69) is 10.6 Å². The Hall–Kier alpha value is -3.67. The van der Waals surface area contributed by atoms with Gasteiger partial charge in [-0.25, -0.2) is 4.79 Å². The van der Waals surface area contributed by atoms with Gasteiger partial charge in [-0.15, -0.1) is 0 Å². The van der Waals surface area contributed by atoms with E-state index < -0.39 is 17.5 Å². The van der Waals surface area contributed by atoms with Crippen molar-refractivity contribution >= 4 is 28.6 Å². The van der Waals surface area contributed by atoms with E-state index in [1.807, 2.05) is 72.8 Å². The van der Waals surface area contributed by atoms with Crippen LogP contribution in [0.4, 0.5) is 4.79 Å². The minimum Gasteiger partial charge on any atom is -0.350 e. The van der Waals surface area contributed by atoms with Crippen LogP contribution in [0.25, 0.3) is 10.8 Å². The molecule has 1 aliphatic rings. The molecule has 146 valence electrons. The van der Waals surface area contributed by atoms with E-state index in [1.54, 1.807) is 6.92 Å². The largest absolute Gasteiger partial charge is 0.350 e. The fourth-order valence-electron chi connectivity index (χ4n) is 3.53. The molecule has 0 spiro atoms. The number of fused-ring (bicyclic) bond motifs is 1. The van der Waals surface area contributed by atoms with Gasteiger partial charge in [-0.3, -0.25) is 14.5 Å². The van der Waals surface area contributed by atoms with E-state index in [0.717, 1.165) is 21.2 Å². The quantitative estimate of drug-likeness (QED) is 0.661. The zero-order valence-corrected chi connectivity index (χ0v) is 16.0. The Morgan fingerprint density at radius 2 is 1.66 bits per heavy atom. The van der Waals surface area contributed by atoms with Crippen LogP contribution < -0.4 is 10.6 Å². The van der Waals surface area contributed by atoms with Crippen molar-refractivity contribution in [3.63, 3.8) is 0 Å². The van der Waals surface area contributed by atoms with Gasteiger partial charge in [-0.05, 0) is 34.9 Å². The number of rotatable bonds is 5. The first-order valence-electron chi connectivity index (χ1n) is 9.41. The van der Waals surface area contributed by atoms with Crippen molar-refractivity contribution in [2.75, 3.05) is 6.54 Å². The molecule has 3 aromatic rings. The second kappa shape index (κ2) is 7.39. The number of carbonyl (C=O) groups excluding carboxylic acids is 3. The van der Waals surface area contributed by atoms with Crippen LogP contribution >= 0.6 is 0 Å². The van der Waals surface area contributed by atoms with Crippen molar-refractivity contribution in [1.29, 1.82) is 0 Å². The third-order valence-electron chi connectivity index (χ3n) is 5.24. The van der Waals surface area contributed by atoms with Crippen LogP contribution in [0.2, 0.25) is 0 Å². The molecule has 4 rings (SSSR count). The summed E-state index contributed by atoms with van der Waals surface area (Å²) in [5, 5.41) is 7.52. The summed E-state index contributed by atoms with van der Waals surface area (Å²) >= 11 is 0. The van der Waals surface area contributed by atoms with E-state index in [1.165, 1.54) is 0 Å². The van der Waals surface area contributed by atoms with Gasteiger partial charge >= 0.3 is 6.03 Å². The minimum absolute atomic E-state index is 0.319. The predicted octanol–water partition coefficient (Wildman–Crippen LogP) is 2.92. The van der Waals surface area contributed by atoms with Crippen LogP contribution in [0, 0.1) is 0 Å². The molecule has 6 heteroatoms. The van der Waals surface area contributed by atoms with Crippen molar-refractivity contribution in [1.82, 2.24) is 15.5 Å². The van der Waals surface area contributed by atoms with E-state index in [9.17, 15) is 14.4 Å². The minimum atomic E-state index is -1.21. The topological polar surface area (TPSA) is 78.5 Å². The highest BCUT2D eigenvalue weighted by molar-refractivity contribution is 6.09. The van der Waals surface area contributed by atoms with Crippen LogP contribution in [0.3, 0.4) is 0 Å². The van der Waals surface area contributed by atoms with E-state index in [-0.39, 0.29) is 12.5 Å². The lowest BCUT2D eigenvalue weighted by Gasteiger charge is -2.22. The van der Waals surface area contributed by atoms with Crippen LogP contribution in [0.1, 0.15) is 18.1 Å². The molecule has 0 aromatic heterocycles. The summed E-state index contributed by atoms with van der Waals surface area (Å²) in [4.78, 5) is 38.8. The van der Waals surface area contributed by atoms with Crippen LogP contribution in [0.5, 0.6) is 0 Å². The highest BCUT2D eigenvalue weighted by Crippen LogP contribution is 2.30. The molecule has 1 aliphatic heterocycles. The summed E-state index contributed by atoms with van der Waals surface area (Å²) in [6.45, 7) is 1.69. The molecular weight excluding hydrogens is 366 g/mol. The monoisotopic (exact) mass is 387 g/mol. The summed E-state index contributed by atoms with van der Waals surface area (Å²) in [6, 6.07) is 22.3. The smallest absolute Gasteiger partial charge is 0.325 e. The Bertz CT molecular complexity index is 1100. The molecule has 4 amide bonds. The number of nitrogens with one attached hydrogen (secondary N) is 2. The van der Waals surface area contributed by atoms with Gasteiger partial charge in [-0.1, -0.05) is 66.7 Å². The van der Waals surface area contributed by atoms with Gasteiger partial charge in [0.2, 0.25) is 5.91 Å². The fraction of sp³-hybridized carbons (Fsp3) is 0.174. The van der Waals surface area contributed by atoms with Crippen molar-refractivity contribution in [3.8, 4) is 0 Å². The number of hydrogen-bond donors (Lipinski definition) is 2. The Balaban J connectivity index is 1.49. The SMILES string of the molecule is CC1(c2ccc3ccccc3c2)NC(=O)N(CC(=O)NCc2ccccc2)C1=O. The first-order valence-corrected chi connectivity index (χ1v) is 9.41. The summed E-state index contributed by atoms with van der Waals surface area (Å²) < 4.78 is 0. The lowest BCUT2D eigenvalue weighted by Crippen LogP contribution is -2.43. The maximum Gasteiger partial charge on any atom is 0.325 e. The number of nitrogens with zero attached hydrogens (tertiary/aromatic N) is 1. The third kappa shape index (κ3) is 3.57. The highest BCUT2D eigenvalue weighted by Gasteiger charge is 2.49. The van der Waals surface area contributed by atoms with E-state index >= 15 is 0 Å². The van der Waals surface area contributed by atoms with E-state index in [4.69, 9.17) is 0 Å². The summed E-state index contributed by atoms with van der Waals surface area (Å²) in [5.41, 5.74) is 0.418. The Morgan fingerprint density at radius 3 is 2.41 bits per heavy atom. The molecule has 0 aliphatic carbocycles. The Kier molecular flexibility index (Phi) is 4.76. The average Bonchev–Trinajstić information content (AvgIpc) is 2.96. The van der Waals surface area contributed by atoms with Crippen LogP contribution in [-0.2, 0) is 21.7 Å². The second-order valence-corrected chi connectivity index (χ2v) is 7.27. The van der Waals surface area contributed by atoms with Gasteiger partial charge in [0.1, 0.15) is 12.1 Å². The molecule has 29 heavy (non-hydrogen) atoms. The van der Waals surface area contributed by atoms with Gasteiger partial charge in [0.25, 0.3) is 5.91 Å². The molecule has 0 radical (unpaired) electrons. The molecule has 1 unspecified atom stereocenters. The number of amides is 4. The van der Waals surface area contributed by atoms with Gasteiger partial charge in [0, 0.05) is 6.54 Å². The summed E-state index contributed by atoms with van der Waals surface area (Å²) in [6.07, 6.45) is 0. The number of urea groups is 1. The number of imide groups is 1. The standard InChI is InChI=1S/C23H21N3O3/c1-23(19-12-11-17-9-5-6-10-18(17)13-19)21(28)26(22(29)25-23)15-20(27)24-14-16-7-3-2-4-8-16/h2-13H,14-15H2,1H3,(H,24,27)(H,25,29). The fourth-order valence-corrected chi connectivity index (χ4v) is 3.53. The second-order valence-electron chi connectivity index (χ2n) is 7.27. The first-order chi connectivity index (χ1) is 14.0. The summed E-state index contributed by atoms with van der Waals surface area (Å²) in [7, 11) is 0. The van der Waals surface area contributed by atoms with Gasteiger partial charge in [0.05, 0.1) is 0 Å². The Morgan fingerprint density at radius 1 is 0.966 bits per heavy atom. The molecular formula is C23H21N3O3. The lowest BCUT2D eigenvalue weighted by atomic mass is 9.90. The van der Waals surface area contributed by atoms with Crippen molar-refractivity contribution < 1.29 is 14.4 Å². The normalized spacial score (nSPS) is 18.7. The van der Waals surface area contributed by atoms with Crippen molar-refractivity contribution in [3.05, 3.63) is 83.9 Å². The molecule has 6 nitrogen and oxygen atoms in total. The van der Waals surface area contributed by atoms with Gasteiger partial charge in [0.15, 0.2) is 0 Å². The zero-order valence-electron chi connectivity index (χ0n) is 16.0. The van der Waals surface area contributed by atoms with Gasteiger partial charge in [-0.2, -0.15) is 0 Å². The van der Waals surface area contributed by atoms with Crippen LogP contribution in [-0.4, -0.2) is 29.3 Å². The molecule has 1 atom stereocenters. The highest BCUT2D eigenvalue weighted by atomic mass is 16.2. The first kappa shape index (κ1) is 18.7. The lowest BCUT2D eigenvalue weighted by molar-refractivity contribution is -0.134. The summed E-state index contributed by atoms with van der Waals surface area (Å²) in [5.74, 6) is -0.826. The third-order valence-corrected chi connectivity index (χ3v) is 5.24.